The van der Waals surface area contributed by atoms with E-state index in [2.05, 4.69) is 58.2 Å². The van der Waals surface area contributed by atoms with Gasteiger partial charge in [0, 0.05) is 46.8 Å². The van der Waals surface area contributed by atoms with Crippen molar-refractivity contribution in [3.63, 3.8) is 0 Å². The van der Waals surface area contributed by atoms with Gasteiger partial charge in [-0.1, -0.05) is 68.4 Å². The number of rotatable bonds is 32. The number of esters is 1. The number of nitrogens with one attached hydrogen (secondary N) is 14. The third kappa shape index (κ3) is 29.9. The summed E-state index contributed by atoms with van der Waals surface area (Å²) in [4.78, 5) is 278. The number of nitrogen functional groups attached to an aromatic ring is 1. The van der Waals surface area contributed by atoms with E-state index >= 15 is 0 Å². The second kappa shape index (κ2) is 46.6. The highest BCUT2D eigenvalue weighted by atomic mass is 16.5. The molecule has 0 spiro atoms. The number of fused-ring (bicyclic) bond motifs is 1. The van der Waals surface area contributed by atoms with Gasteiger partial charge >= 0.3 is 29.8 Å². The number of aliphatic hydroxyl groups excluding tert-OH is 1. The number of H-pyrrole nitrogens is 1. The molecule has 4 aromatic carbocycles. The van der Waals surface area contributed by atoms with Crippen molar-refractivity contribution < 1.29 is 131 Å². The molecule has 1 aliphatic heterocycles. The number of aliphatic hydroxyl groups is 1. The van der Waals surface area contributed by atoms with Crippen LogP contribution in [0.5, 0.6) is 5.75 Å². The monoisotopic (exact) mass is 1700 g/mol. The summed E-state index contributed by atoms with van der Waals surface area (Å²) in [5.74, 6) is -29.7. The number of primary amides is 1. The number of aliphatic carboxylic acids is 4. The predicted octanol–water partition coefficient (Wildman–Crippen LogP) is -4.99. The third-order valence-electron chi connectivity index (χ3n) is 18.6. The van der Waals surface area contributed by atoms with Crippen LogP contribution in [-0.2, 0) is 97.5 Å². The first-order valence-corrected chi connectivity index (χ1v) is 38.1. The van der Waals surface area contributed by atoms with Crippen LogP contribution in [0.15, 0.2) is 103 Å². The Bertz CT molecular complexity index is 4710. The van der Waals surface area contributed by atoms with Gasteiger partial charge in [0.2, 0.25) is 76.8 Å². The van der Waals surface area contributed by atoms with Crippen molar-refractivity contribution in [2.24, 2.45) is 17.4 Å². The largest absolute Gasteiger partial charge is 0.494 e. The fourth-order valence-electron chi connectivity index (χ4n) is 12.2. The van der Waals surface area contributed by atoms with Crippen molar-refractivity contribution in [1.82, 2.24) is 74.1 Å². The summed E-state index contributed by atoms with van der Waals surface area (Å²) >= 11 is 0. The zero-order valence-electron chi connectivity index (χ0n) is 66.4. The van der Waals surface area contributed by atoms with Crippen LogP contribution in [0.25, 0.3) is 22.0 Å². The first kappa shape index (κ1) is 96.4. The molecule has 1 fully saturated rings. The molecule has 1 saturated heterocycles. The molecule has 0 radical (unpaired) electrons. The number of anilines is 1. The Morgan fingerprint density at radius 1 is 0.557 bits per heavy atom. The van der Waals surface area contributed by atoms with Crippen LogP contribution < -0.4 is 91.1 Å². The molecule has 0 unspecified atom stereocenters. The molecule has 2 heterocycles. The Morgan fingerprint density at radius 2 is 1.10 bits per heavy atom. The Morgan fingerprint density at radius 3 is 1.69 bits per heavy atom. The van der Waals surface area contributed by atoms with Crippen LogP contribution in [0.2, 0.25) is 0 Å². The van der Waals surface area contributed by atoms with Gasteiger partial charge in [0.25, 0.3) is 5.91 Å². The van der Waals surface area contributed by atoms with Crippen LogP contribution in [0, 0.1) is 5.92 Å². The average molecular weight is 1700 g/mol. The number of carboxylic acids is 4. The number of nitrogens with two attached hydrogens (primary N) is 3. The van der Waals surface area contributed by atoms with Gasteiger partial charge in [-0.25, -0.2) is 4.79 Å². The summed E-state index contributed by atoms with van der Waals surface area (Å²) in [6, 6.07) is 2.43. The zero-order valence-corrected chi connectivity index (χ0v) is 66.4. The number of aromatic nitrogens is 1. The van der Waals surface area contributed by atoms with Crippen LogP contribution in [0.1, 0.15) is 112 Å². The smallest absolute Gasteiger partial charge is 0.329 e. The Balaban J connectivity index is 1.40. The van der Waals surface area contributed by atoms with Gasteiger partial charge in [-0.15, -0.1) is 0 Å². The number of aromatic amines is 1. The van der Waals surface area contributed by atoms with E-state index in [1.807, 2.05) is 35.0 Å². The van der Waals surface area contributed by atoms with E-state index in [0.717, 1.165) is 32.8 Å². The number of carbonyl (C=O) groups excluding carboxylic acids is 16. The number of amides is 14. The van der Waals surface area contributed by atoms with E-state index in [-0.39, 0.29) is 36.2 Å². The van der Waals surface area contributed by atoms with Crippen LogP contribution in [0.4, 0.5) is 5.69 Å². The first-order chi connectivity index (χ1) is 57.8. The molecule has 1 aliphatic rings. The molecular weight excluding hydrogens is 1610 g/mol. The van der Waals surface area contributed by atoms with E-state index in [1.165, 1.54) is 36.4 Å². The number of hydrogen-bond acceptors (Lipinski definition) is 25. The van der Waals surface area contributed by atoms with Crippen molar-refractivity contribution in [2.45, 2.75) is 164 Å². The van der Waals surface area contributed by atoms with Crippen LogP contribution in [-0.4, -0.2) is 254 Å². The molecule has 0 bridgehead atoms. The quantitative estimate of drug-likeness (QED) is 0.0109. The fraction of sp³-hybridized carbons (Fsp3) is 0.410. The Kier molecular flexibility index (Phi) is 36.8. The van der Waals surface area contributed by atoms with Crippen molar-refractivity contribution in [2.75, 3.05) is 38.6 Å². The molecule has 6 rings (SSSR count). The van der Waals surface area contributed by atoms with E-state index in [1.54, 1.807) is 54.7 Å². The summed E-state index contributed by atoms with van der Waals surface area (Å²) in [7, 11) is 0. The Labute approximate surface area is 694 Å². The highest BCUT2D eigenvalue weighted by molar-refractivity contribution is 6.06. The maximum absolute atomic E-state index is 14.9. The predicted molar refractivity (Wildman–Crippen MR) is 425 cm³/mol. The number of carboxylic acid groups (broad SMARTS) is 4. The Hall–Kier alpha value is -14.5. The van der Waals surface area contributed by atoms with E-state index < -0.39 is 261 Å². The number of para-hydroxylation sites is 2. The molecule has 14 amide bonds. The van der Waals surface area contributed by atoms with Gasteiger partial charge in [-0.05, 0) is 105 Å². The lowest BCUT2D eigenvalue weighted by Crippen LogP contribution is -2.62. The minimum Gasteiger partial charge on any atom is -0.494 e. The minimum atomic E-state index is -2.47. The number of Topliss-reactive ketones (excluding diaryl/α,β-unsaturated/α-hetero) is 1. The SMILES string of the molecule is CCCOc1ccc(-c2ccc(C(=O)N[C@@H](Cc3c[nH]c4ccccc34)C(=O)N[C@@H](CC(N)=O)C(=O)N[C@@H](CC(=O)O)C(=O)N[C@@H]3C(=O)NCC(=O)N[C@@H](CCCN)C(=O)N[C@H](CC(=O)O)C(=O)N[C@H](C)C(=O)N[C@@H](CC(=O)O)C(=O)NCC(=O)N[C@H](CO)C(=O)N[C@@H]([C@@H](C)CC(=O)O)C(=O)N[C@@H](CC(=O)c4ccccc4N)C(=O)O[C@@H]3C)cc2)cc1. The van der Waals surface area contributed by atoms with Crippen molar-refractivity contribution in [3.05, 3.63) is 120 Å². The number of carbonyl (C=O) groups is 20. The molecule has 0 aliphatic carbocycles. The zero-order chi connectivity index (χ0) is 90.2. The number of ketones is 1. The lowest BCUT2D eigenvalue weighted by atomic mass is 9.96. The molecule has 5 aromatic rings. The number of hydrogen-bond donors (Lipinski definition) is 22. The van der Waals surface area contributed by atoms with Crippen LogP contribution in [0.3, 0.4) is 0 Å². The second-order valence-corrected chi connectivity index (χ2v) is 28.2. The summed E-state index contributed by atoms with van der Waals surface area (Å²) in [6.45, 7) is 1.45. The second-order valence-electron chi connectivity index (χ2n) is 28.2. The lowest BCUT2D eigenvalue weighted by Gasteiger charge is -2.30. The highest BCUT2D eigenvalue weighted by Crippen LogP contribution is 2.25. The summed E-state index contributed by atoms with van der Waals surface area (Å²) in [5.41, 5.74) is 19.5. The van der Waals surface area contributed by atoms with Crippen molar-refractivity contribution in [3.8, 4) is 16.9 Å². The molecule has 44 nitrogen and oxygen atoms in total. The summed E-state index contributed by atoms with van der Waals surface area (Å²) in [5, 5.41) is 78.7. The maximum Gasteiger partial charge on any atom is 0.329 e. The molecular formula is C78H97N17O27. The van der Waals surface area contributed by atoms with Gasteiger partial charge in [-0.2, -0.15) is 0 Å². The first-order valence-electron chi connectivity index (χ1n) is 38.1. The molecule has 656 valence electrons. The van der Waals surface area contributed by atoms with Gasteiger partial charge in [0.15, 0.2) is 5.78 Å². The number of ether oxygens (including phenoxy) is 2. The topological polar surface area (TPSA) is 711 Å². The van der Waals surface area contributed by atoms with Gasteiger partial charge in [0.05, 0.1) is 58.4 Å². The maximum atomic E-state index is 14.9. The molecule has 44 heteroatoms. The van der Waals surface area contributed by atoms with E-state index in [0.29, 0.717) is 34.4 Å². The normalized spacial score (nSPS) is 20.6. The third-order valence-corrected chi connectivity index (χ3v) is 18.6. The van der Waals surface area contributed by atoms with Crippen molar-refractivity contribution in [1.29, 1.82) is 0 Å². The van der Waals surface area contributed by atoms with Gasteiger partial charge in [-0.3, -0.25) is 91.1 Å². The highest BCUT2D eigenvalue weighted by Gasteiger charge is 2.41. The van der Waals surface area contributed by atoms with Crippen LogP contribution >= 0.6 is 0 Å². The molecule has 1 aromatic heterocycles. The lowest BCUT2D eigenvalue weighted by molar-refractivity contribution is -0.156. The number of benzene rings is 4. The van der Waals surface area contributed by atoms with Gasteiger partial charge < -0.3 is 126 Å². The van der Waals surface area contributed by atoms with E-state index in [9.17, 15) is 121 Å². The molecule has 0 saturated carbocycles. The summed E-state index contributed by atoms with van der Waals surface area (Å²) in [6.07, 6.45) is -7.79. The number of cyclic esters (lactones) is 1. The molecule has 122 heavy (non-hydrogen) atoms. The molecule has 25 N–H and O–H groups in total. The van der Waals surface area contributed by atoms with Gasteiger partial charge in [0.1, 0.15) is 78.3 Å². The molecule has 13 atom stereocenters. The minimum absolute atomic E-state index is 0.0528. The standard InChI is InChI=1S/C78H97N17O27/c1-5-25-121-44-22-20-41(21-23-44)40-16-18-42(19-17-40)68(110)89-50(27-43-33-82-48-14-9-7-11-45(43)48)72(114)90-51(29-58(81)98)73(115)92-54(32-64(107)108)74(116)95-66-39(4)122-78(120)55(28-57(97)46-12-6-8-13-47(46)80)93-77(119)65(37(2)26-61(101)102)94-75(117)56(36-96)87-60(100)34-83-69(111)52(30-62(103)104)88-67(109)38(3)85-71(113)53(31-63(105)106)91-70(112)49(15-10-24-79)86-59(99)35-84-76(66)118/h6-9,11-14,16-23,33,37-39,49-56,65-66,82,96H,5,10,15,24-32,34-36,79-80H2,1-4H3,(H2,81,98)(H,83,111)(H,84,118)(H,85,113)(H,86,99)(H,87,100)(H,88,109)(H,89,110)(H,90,114)(H,91,112)(H,92,115)(H,93,119)(H,94,117)(H,95,116)(H,101,102)(H,103,104)(H,105,106)(H,107,108)/t37-,38+,39+,49-,50-,51-,52-,53+,54-,55-,56+,65-,66-/m0/s1. The average Bonchev–Trinajstić information content (AvgIpc) is 1.58. The summed E-state index contributed by atoms with van der Waals surface area (Å²) < 4.78 is 11.4. The van der Waals surface area contributed by atoms with E-state index in [4.69, 9.17) is 26.7 Å². The van der Waals surface area contributed by atoms with Crippen molar-refractivity contribution >= 4 is 135 Å². The fourth-order valence-corrected chi connectivity index (χ4v) is 12.2.